The quantitative estimate of drug-likeness (QED) is 0.351. The Kier molecular flexibility index (Phi) is 6.80. The average molecular weight is 526 g/mol. The minimum absolute atomic E-state index is 0.171. The van der Waals surface area contributed by atoms with Gasteiger partial charge in [-0.05, 0) is 80.6 Å². The first-order valence-electron chi connectivity index (χ1n) is 12.7. The van der Waals surface area contributed by atoms with E-state index in [1.54, 1.807) is 4.57 Å². The van der Waals surface area contributed by atoms with Gasteiger partial charge in [0.2, 0.25) is 0 Å². The van der Waals surface area contributed by atoms with Gasteiger partial charge in [0.25, 0.3) is 5.56 Å². The predicted octanol–water partition coefficient (Wildman–Crippen LogP) is 4.82. The minimum atomic E-state index is -0.597. The van der Waals surface area contributed by atoms with Gasteiger partial charge in [0.1, 0.15) is 0 Å². The van der Waals surface area contributed by atoms with Crippen LogP contribution in [0.15, 0.2) is 75.7 Å². The van der Waals surface area contributed by atoms with Crippen LogP contribution < -0.4 is 14.9 Å². The van der Waals surface area contributed by atoms with Crippen LogP contribution in [0.1, 0.15) is 53.0 Å². The van der Waals surface area contributed by atoms with Crippen LogP contribution in [0.3, 0.4) is 0 Å². The Morgan fingerprint density at radius 1 is 1.05 bits per heavy atom. The first-order valence-corrected chi connectivity index (χ1v) is 13.5. The number of carbonyl (C=O) groups excluding carboxylic acids is 1. The number of hydrogen-bond donors (Lipinski definition) is 0. The molecule has 2 aromatic carbocycles. The fraction of sp³-hybridized carbons (Fsp3) is 0.258. The van der Waals surface area contributed by atoms with Crippen LogP contribution in [-0.4, -0.2) is 22.2 Å². The van der Waals surface area contributed by atoms with E-state index in [-0.39, 0.29) is 5.56 Å². The van der Waals surface area contributed by atoms with Gasteiger partial charge in [0, 0.05) is 17.1 Å². The fourth-order valence-electron chi connectivity index (χ4n) is 5.15. The van der Waals surface area contributed by atoms with Gasteiger partial charge in [-0.1, -0.05) is 54.7 Å². The number of esters is 1. The van der Waals surface area contributed by atoms with Crippen molar-refractivity contribution < 1.29 is 9.53 Å². The van der Waals surface area contributed by atoms with Crippen molar-refractivity contribution in [2.45, 2.75) is 47.1 Å². The maximum atomic E-state index is 13.9. The zero-order valence-electron chi connectivity index (χ0n) is 22.5. The molecule has 2 aromatic heterocycles. The molecule has 0 N–H and O–H groups in total. The highest BCUT2D eigenvalue weighted by Gasteiger charge is 2.33. The van der Waals surface area contributed by atoms with Gasteiger partial charge < -0.3 is 9.30 Å². The molecule has 7 heteroatoms. The molecule has 38 heavy (non-hydrogen) atoms. The van der Waals surface area contributed by atoms with Crippen molar-refractivity contribution in [3.05, 3.63) is 119 Å². The molecule has 1 atom stereocenters. The number of rotatable bonds is 5. The molecular weight excluding hydrogens is 494 g/mol. The third-order valence-electron chi connectivity index (χ3n) is 7.27. The third kappa shape index (κ3) is 4.27. The number of aromatic nitrogens is 2. The molecule has 1 aliphatic rings. The number of methoxy groups -OCH3 is 1. The molecule has 0 saturated carbocycles. The van der Waals surface area contributed by atoms with Crippen LogP contribution in [0.2, 0.25) is 0 Å². The van der Waals surface area contributed by atoms with Gasteiger partial charge in [-0.3, -0.25) is 9.36 Å². The number of hydrogen-bond acceptors (Lipinski definition) is 5. The van der Waals surface area contributed by atoms with Crippen molar-refractivity contribution in [3.63, 3.8) is 0 Å². The Labute approximate surface area is 225 Å². The van der Waals surface area contributed by atoms with E-state index in [1.165, 1.54) is 29.6 Å². The van der Waals surface area contributed by atoms with Crippen molar-refractivity contribution in [2.24, 2.45) is 4.99 Å². The van der Waals surface area contributed by atoms with E-state index in [1.807, 2.05) is 43.3 Å². The van der Waals surface area contributed by atoms with Gasteiger partial charge in [-0.25, -0.2) is 9.79 Å². The molecule has 0 unspecified atom stereocenters. The molecule has 0 spiro atoms. The molecule has 0 bridgehead atoms. The zero-order chi connectivity index (χ0) is 27.1. The van der Waals surface area contributed by atoms with Gasteiger partial charge in [0.15, 0.2) is 4.80 Å². The van der Waals surface area contributed by atoms with Crippen molar-refractivity contribution >= 4 is 23.4 Å². The normalized spacial score (nSPS) is 15.4. The summed E-state index contributed by atoms with van der Waals surface area (Å²) in [5.74, 6) is -0.467. The summed E-state index contributed by atoms with van der Waals surface area (Å²) in [6.45, 7) is 10.3. The van der Waals surface area contributed by atoms with Crippen molar-refractivity contribution in [3.8, 4) is 5.69 Å². The maximum Gasteiger partial charge on any atom is 0.338 e. The van der Waals surface area contributed by atoms with E-state index in [2.05, 4.69) is 56.5 Å². The number of aryl methyl sites for hydroxylation is 3. The van der Waals surface area contributed by atoms with E-state index >= 15 is 0 Å². The summed E-state index contributed by atoms with van der Waals surface area (Å²) < 4.78 is 9.57. The second-order valence-corrected chi connectivity index (χ2v) is 10.6. The number of thiazole rings is 1. The molecule has 4 aromatic rings. The van der Waals surface area contributed by atoms with E-state index in [9.17, 15) is 9.59 Å². The van der Waals surface area contributed by atoms with Gasteiger partial charge in [0.05, 0.1) is 29.0 Å². The van der Waals surface area contributed by atoms with Gasteiger partial charge in [-0.2, -0.15) is 0 Å². The first kappa shape index (κ1) is 25.7. The second kappa shape index (κ2) is 10.1. The lowest BCUT2D eigenvalue weighted by Crippen LogP contribution is -2.40. The van der Waals surface area contributed by atoms with E-state index in [0.29, 0.717) is 27.0 Å². The lowest BCUT2D eigenvalue weighted by atomic mass is 9.95. The lowest BCUT2D eigenvalue weighted by Gasteiger charge is -2.25. The third-order valence-corrected chi connectivity index (χ3v) is 8.25. The number of ether oxygens (including phenoxy) is 1. The number of allylic oxidation sites excluding steroid dienone is 1. The molecule has 0 saturated heterocycles. The summed E-state index contributed by atoms with van der Waals surface area (Å²) in [5, 5.41) is 0. The molecule has 0 aliphatic carbocycles. The van der Waals surface area contributed by atoms with Crippen LogP contribution in [0, 0.1) is 27.7 Å². The largest absolute Gasteiger partial charge is 0.466 e. The number of fused-ring (bicyclic) bond motifs is 1. The lowest BCUT2D eigenvalue weighted by molar-refractivity contribution is -0.136. The van der Waals surface area contributed by atoms with Crippen molar-refractivity contribution in [2.75, 3.05) is 7.11 Å². The number of nitrogens with zero attached hydrogens (tertiary/aromatic N) is 3. The summed E-state index contributed by atoms with van der Waals surface area (Å²) in [6.07, 6.45) is 2.50. The molecule has 194 valence electrons. The first-order chi connectivity index (χ1) is 18.2. The van der Waals surface area contributed by atoms with Crippen LogP contribution >= 0.6 is 11.3 Å². The highest BCUT2D eigenvalue weighted by Crippen LogP contribution is 2.31. The zero-order valence-corrected chi connectivity index (χ0v) is 23.3. The summed E-state index contributed by atoms with van der Waals surface area (Å²) in [4.78, 5) is 32.2. The highest BCUT2D eigenvalue weighted by molar-refractivity contribution is 7.07. The smallest absolute Gasteiger partial charge is 0.338 e. The SMILES string of the molecule is CCC1=C(C(=O)OC)[C@H](c2ccccc2)n2c(s/c(=C\c3cc(C)n(-c4ccc(C)c(C)c4)c3C)c2=O)=N1. The van der Waals surface area contributed by atoms with E-state index < -0.39 is 12.0 Å². The maximum absolute atomic E-state index is 13.9. The van der Waals surface area contributed by atoms with Crippen molar-refractivity contribution in [1.82, 2.24) is 9.13 Å². The summed E-state index contributed by atoms with van der Waals surface area (Å²) in [5.41, 5.74) is 8.44. The molecule has 3 heterocycles. The monoisotopic (exact) mass is 525 g/mol. The molecule has 1 aliphatic heterocycles. The standard InChI is InChI=1S/C31H31N3O3S/c1-7-25-27(30(36)37-6)28(22-11-9-8-10-12-22)34-29(35)26(38-31(34)32-25)17-23-16-20(4)33(21(23)5)24-14-13-18(2)19(3)15-24/h8-17,28H,7H2,1-6H3/b26-17-/t28-/m0/s1. The summed E-state index contributed by atoms with van der Waals surface area (Å²) >= 11 is 1.35. The van der Waals surface area contributed by atoms with Crippen molar-refractivity contribution in [1.29, 1.82) is 0 Å². The van der Waals surface area contributed by atoms with E-state index in [4.69, 9.17) is 9.73 Å². The molecular formula is C31H31N3O3S. The summed E-state index contributed by atoms with van der Waals surface area (Å²) in [6, 6.07) is 17.6. The number of carbonyl (C=O) groups is 1. The van der Waals surface area contributed by atoms with Crippen LogP contribution in [-0.2, 0) is 9.53 Å². The Morgan fingerprint density at radius 2 is 1.79 bits per heavy atom. The van der Waals surface area contributed by atoms with Crippen LogP contribution in [0.25, 0.3) is 11.8 Å². The van der Waals surface area contributed by atoms with Crippen LogP contribution in [0.5, 0.6) is 0 Å². The second-order valence-electron chi connectivity index (χ2n) is 9.63. The molecule has 0 radical (unpaired) electrons. The highest BCUT2D eigenvalue weighted by atomic mass is 32.1. The van der Waals surface area contributed by atoms with Crippen LogP contribution in [0.4, 0.5) is 0 Å². The Hall–Kier alpha value is -3.97. The average Bonchev–Trinajstić information content (AvgIpc) is 3.38. The fourth-order valence-corrected chi connectivity index (χ4v) is 6.16. The Balaban J connectivity index is 1.71. The molecule has 6 nitrogen and oxygen atoms in total. The molecule has 0 amide bonds. The molecule has 0 fully saturated rings. The minimum Gasteiger partial charge on any atom is -0.466 e. The molecule has 5 rings (SSSR count). The van der Waals surface area contributed by atoms with Gasteiger partial charge in [-0.15, -0.1) is 0 Å². The Bertz CT molecular complexity index is 1770. The van der Waals surface area contributed by atoms with Gasteiger partial charge >= 0.3 is 5.97 Å². The predicted molar refractivity (Wildman–Crippen MR) is 152 cm³/mol. The topological polar surface area (TPSA) is 65.6 Å². The number of benzene rings is 2. The van der Waals surface area contributed by atoms with E-state index in [0.717, 1.165) is 28.2 Å². The Morgan fingerprint density at radius 3 is 2.45 bits per heavy atom. The summed E-state index contributed by atoms with van der Waals surface area (Å²) in [7, 11) is 1.36.